The molecule has 0 radical (unpaired) electrons. The maximum absolute atomic E-state index is 13.2. The van der Waals surface area contributed by atoms with Gasteiger partial charge in [-0.15, -0.1) is 0 Å². The van der Waals surface area contributed by atoms with Gasteiger partial charge in [0.15, 0.2) is 5.96 Å². The van der Waals surface area contributed by atoms with Gasteiger partial charge < -0.3 is 53.6 Å². The molecule has 17 nitrogen and oxygen atoms in total. The Morgan fingerprint density at radius 1 is 0.780 bits per heavy atom. The van der Waals surface area contributed by atoms with Crippen LogP contribution in [0.4, 0.5) is 0 Å². The second-order valence-electron chi connectivity index (χ2n) is 8.98. The molecule has 13 N–H and O–H groups in total. The standard InChI is InChI=1S/C24H35N7O10/c25-14(11-19(35)36)20(37)29-15(7-8-18(33)34)21(38)31-17(10-12-3-5-13(32)6-4-12)22(39)30-16(23(40)41)2-1-9-28-24(26)27/h3-6,14-17,32H,1-2,7-11,25H2,(H,29,37)(H,30,39)(H,31,38)(H,33,34)(H,35,36)(H,40,41)(H4,26,27,28). The lowest BCUT2D eigenvalue weighted by Crippen LogP contribution is -2.57. The van der Waals surface area contributed by atoms with E-state index in [0.717, 1.165) is 0 Å². The molecule has 0 aliphatic rings. The van der Waals surface area contributed by atoms with Crippen molar-refractivity contribution in [3.63, 3.8) is 0 Å². The topological polar surface area (TPSA) is 310 Å². The van der Waals surface area contributed by atoms with Crippen LogP contribution in [0.5, 0.6) is 5.75 Å². The van der Waals surface area contributed by atoms with Crippen molar-refractivity contribution in [1.29, 1.82) is 0 Å². The SMILES string of the molecule is NC(N)=NCCCC(NC(=O)C(Cc1ccc(O)cc1)NC(=O)C(CCC(=O)O)NC(=O)C(N)CC(=O)O)C(=O)O. The van der Waals surface area contributed by atoms with Crippen molar-refractivity contribution in [3.8, 4) is 5.75 Å². The van der Waals surface area contributed by atoms with E-state index in [1.54, 1.807) is 0 Å². The third kappa shape index (κ3) is 13.6. The predicted octanol–water partition coefficient (Wildman–Crippen LogP) is -2.81. The van der Waals surface area contributed by atoms with Gasteiger partial charge in [-0.05, 0) is 37.0 Å². The normalized spacial score (nSPS) is 13.5. The van der Waals surface area contributed by atoms with Crippen LogP contribution in [0.1, 0.15) is 37.7 Å². The maximum atomic E-state index is 13.2. The summed E-state index contributed by atoms with van der Waals surface area (Å²) < 4.78 is 0. The lowest BCUT2D eigenvalue weighted by atomic mass is 10.0. The molecule has 0 heterocycles. The van der Waals surface area contributed by atoms with Crippen molar-refractivity contribution in [2.75, 3.05) is 6.54 Å². The number of guanidine groups is 1. The number of carbonyl (C=O) groups is 6. The molecule has 1 aromatic carbocycles. The van der Waals surface area contributed by atoms with Crippen molar-refractivity contribution in [1.82, 2.24) is 16.0 Å². The monoisotopic (exact) mass is 581 g/mol. The van der Waals surface area contributed by atoms with Crippen LogP contribution in [0.3, 0.4) is 0 Å². The van der Waals surface area contributed by atoms with E-state index in [1.807, 2.05) is 0 Å². The fourth-order valence-corrected chi connectivity index (χ4v) is 3.48. The number of carbonyl (C=O) groups excluding carboxylic acids is 3. The molecule has 4 unspecified atom stereocenters. The number of carboxylic acid groups (broad SMARTS) is 3. The van der Waals surface area contributed by atoms with Crippen LogP contribution in [0.2, 0.25) is 0 Å². The largest absolute Gasteiger partial charge is 0.508 e. The average molecular weight is 582 g/mol. The number of aliphatic carboxylic acids is 3. The van der Waals surface area contributed by atoms with Crippen molar-refractivity contribution in [2.24, 2.45) is 22.2 Å². The molecule has 3 amide bonds. The Bertz CT molecular complexity index is 1120. The van der Waals surface area contributed by atoms with Gasteiger partial charge >= 0.3 is 17.9 Å². The van der Waals surface area contributed by atoms with E-state index in [1.165, 1.54) is 24.3 Å². The van der Waals surface area contributed by atoms with Gasteiger partial charge in [0.25, 0.3) is 0 Å². The molecule has 1 aromatic rings. The summed E-state index contributed by atoms with van der Waals surface area (Å²) in [5, 5.41) is 43.9. The molecule has 4 atom stereocenters. The highest BCUT2D eigenvalue weighted by molar-refractivity contribution is 5.95. The first-order valence-corrected chi connectivity index (χ1v) is 12.4. The highest BCUT2D eigenvalue weighted by Crippen LogP contribution is 2.12. The van der Waals surface area contributed by atoms with E-state index in [9.17, 15) is 39.0 Å². The fraction of sp³-hybridized carbons (Fsp3) is 0.458. The lowest BCUT2D eigenvalue weighted by molar-refractivity contribution is -0.142. The number of nitrogens with one attached hydrogen (secondary N) is 3. The van der Waals surface area contributed by atoms with Crippen molar-refractivity contribution in [2.45, 2.75) is 62.7 Å². The Morgan fingerprint density at radius 2 is 1.34 bits per heavy atom. The Labute approximate surface area is 234 Å². The summed E-state index contributed by atoms with van der Waals surface area (Å²) in [6.45, 7) is 0.102. The van der Waals surface area contributed by atoms with Crippen molar-refractivity contribution >= 4 is 41.6 Å². The van der Waals surface area contributed by atoms with Crippen LogP contribution in [-0.2, 0) is 35.2 Å². The number of phenolic OH excluding ortho intramolecular Hbond substituents is 1. The number of amides is 3. The van der Waals surface area contributed by atoms with Gasteiger partial charge in [0.05, 0.1) is 12.5 Å². The first-order valence-electron chi connectivity index (χ1n) is 12.4. The Kier molecular flexibility index (Phi) is 14.1. The zero-order valence-corrected chi connectivity index (χ0v) is 22.0. The molecular formula is C24H35N7O10. The minimum Gasteiger partial charge on any atom is -0.508 e. The summed E-state index contributed by atoms with van der Waals surface area (Å²) in [5.74, 6) is -7.25. The highest BCUT2D eigenvalue weighted by atomic mass is 16.4. The number of aliphatic imine (C=N–C) groups is 1. The van der Waals surface area contributed by atoms with E-state index in [0.29, 0.717) is 5.56 Å². The number of rotatable bonds is 18. The second kappa shape index (κ2) is 16.9. The molecule has 41 heavy (non-hydrogen) atoms. The number of phenols is 1. The summed E-state index contributed by atoms with van der Waals surface area (Å²) in [6.07, 6.45) is -1.80. The molecule has 0 spiro atoms. The van der Waals surface area contributed by atoms with Gasteiger partial charge in [0.1, 0.15) is 23.9 Å². The van der Waals surface area contributed by atoms with Crippen LogP contribution < -0.4 is 33.2 Å². The van der Waals surface area contributed by atoms with Gasteiger partial charge in [-0.2, -0.15) is 0 Å². The molecule has 0 saturated carbocycles. The molecule has 226 valence electrons. The Balaban J connectivity index is 3.17. The summed E-state index contributed by atoms with van der Waals surface area (Å²) >= 11 is 0. The molecule has 0 bridgehead atoms. The maximum Gasteiger partial charge on any atom is 0.326 e. The summed E-state index contributed by atoms with van der Waals surface area (Å²) in [7, 11) is 0. The van der Waals surface area contributed by atoms with Gasteiger partial charge in [-0.25, -0.2) is 4.79 Å². The van der Waals surface area contributed by atoms with Crippen LogP contribution in [-0.4, -0.2) is 92.7 Å². The number of aromatic hydroxyl groups is 1. The Hall–Kier alpha value is -4.93. The molecule has 0 saturated heterocycles. The smallest absolute Gasteiger partial charge is 0.326 e. The second-order valence-corrected chi connectivity index (χ2v) is 8.98. The van der Waals surface area contributed by atoms with Gasteiger partial charge in [-0.3, -0.25) is 29.0 Å². The number of benzene rings is 1. The van der Waals surface area contributed by atoms with Crippen LogP contribution >= 0.6 is 0 Å². The third-order valence-electron chi connectivity index (χ3n) is 5.58. The van der Waals surface area contributed by atoms with Crippen LogP contribution in [0.15, 0.2) is 29.3 Å². The van der Waals surface area contributed by atoms with Crippen molar-refractivity contribution < 1.29 is 49.2 Å². The third-order valence-corrected chi connectivity index (χ3v) is 5.58. The molecule has 0 aliphatic carbocycles. The van der Waals surface area contributed by atoms with Gasteiger partial charge in [0, 0.05) is 19.4 Å². The first kappa shape index (κ1) is 34.1. The number of nitrogens with zero attached hydrogens (tertiary/aromatic N) is 1. The zero-order chi connectivity index (χ0) is 31.1. The zero-order valence-electron chi connectivity index (χ0n) is 22.0. The Morgan fingerprint density at radius 3 is 1.88 bits per heavy atom. The summed E-state index contributed by atoms with van der Waals surface area (Å²) in [6, 6.07) is -0.288. The minimum absolute atomic E-state index is 0.0590. The van der Waals surface area contributed by atoms with Crippen LogP contribution in [0, 0.1) is 0 Å². The number of hydrogen-bond acceptors (Lipinski definition) is 9. The highest BCUT2D eigenvalue weighted by Gasteiger charge is 2.31. The molecule has 1 rings (SSSR count). The average Bonchev–Trinajstić information content (AvgIpc) is 2.87. The number of carboxylic acids is 3. The van der Waals surface area contributed by atoms with E-state index >= 15 is 0 Å². The number of hydrogen-bond donors (Lipinski definition) is 10. The van der Waals surface area contributed by atoms with E-state index < -0.39 is 79.1 Å². The van der Waals surface area contributed by atoms with Gasteiger partial charge in [0.2, 0.25) is 17.7 Å². The predicted molar refractivity (Wildman–Crippen MR) is 142 cm³/mol. The fourth-order valence-electron chi connectivity index (χ4n) is 3.48. The first-order chi connectivity index (χ1) is 19.2. The van der Waals surface area contributed by atoms with Crippen LogP contribution in [0.25, 0.3) is 0 Å². The van der Waals surface area contributed by atoms with E-state index in [4.69, 9.17) is 27.4 Å². The molecule has 0 aromatic heterocycles. The molecular weight excluding hydrogens is 546 g/mol. The molecule has 0 aliphatic heterocycles. The summed E-state index contributed by atoms with van der Waals surface area (Å²) in [5.41, 5.74) is 16.5. The number of nitrogens with two attached hydrogens (primary N) is 3. The summed E-state index contributed by atoms with van der Waals surface area (Å²) in [4.78, 5) is 76.1. The quantitative estimate of drug-likeness (QED) is 0.0476. The molecule has 17 heteroatoms. The minimum atomic E-state index is -1.54. The van der Waals surface area contributed by atoms with Gasteiger partial charge in [-0.1, -0.05) is 12.1 Å². The molecule has 0 fully saturated rings. The lowest BCUT2D eigenvalue weighted by Gasteiger charge is -2.25. The van der Waals surface area contributed by atoms with E-state index in [2.05, 4.69) is 20.9 Å². The van der Waals surface area contributed by atoms with E-state index in [-0.39, 0.29) is 37.5 Å². The van der Waals surface area contributed by atoms with Crippen molar-refractivity contribution in [3.05, 3.63) is 29.8 Å².